The molecule has 0 aliphatic carbocycles. The number of carbonyl (C=O) groups is 1. The first-order chi connectivity index (χ1) is 18.5. The van der Waals surface area contributed by atoms with Crippen LogP contribution >= 0.6 is 23.2 Å². The fourth-order valence-corrected chi connectivity index (χ4v) is 5.16. The molecule has 0 atom stereocenters. The molecule has 0 spiro atoms. The minimum atomic E-state index is -4.70. The number of rotatable bonds is 8. The monoisotopic (exact) mass is 587 g/mol. The fraction of sp³-hybridized carbons (Fsp3) is 0.148. The van der Waals surface area contributed by atoms with Crippen LogP contribution in [0.1, 0.15) is 29.8 Å². The van der Waals surface area contributed by atoms with Gasteiger partial charge in [0.05, 0.1) is 22.9 Å². The topological polar surface area (TPSA) is 138 Å². The third-order valence-electron chi connectivity index (χ3n) is 5.77. The first-order valence-corrected chi connectivity index (χ1v) is 13.9. The van der Waals surface area contributed by atoms with Crippen molar-refractivity contribution in [3.8, 4) is 11.5 Å². The van der Waals surface area contributed by atoms with Gasteiger partial charge < -0.3 is 15.2 Å². The van der Waals surface area contributed by atoms with Crippen molar-refractivity contribution in [2.75, 3.05) is 11.9 Å². The lowest BCUT2D eigenvalue weighted by Crippen LogP contribution is -2.12. The number of nitrogens with zero attached hydrogens (tertiary/aromatic N) is 2. The maximum absolute atomic E-state index is 13.2. The molecule has 0 aliphatic rings. The minimum Gasteiger partial charge on any atom is -0.505 e. The summed E-state index contributed by atoms with van der Waals surface area (Å²) in [6.07, 6.45) is 0.329. The van der Waals surface area contributed by atoms with Crippen LogP contribution in [0.15, 0.2) is 75.8 Å². The summed E-state index contributed by atoms with van der Waals surface area (Å²) < 4.78 is 39.2. The molecule has 0 aliphatic heterocycles. The number of aromatic hydroxyl groups is 1. The SMILES string of the molecule is CCOc1ccc(NC(=O)c2cc3ccccc3c(N=Nc3c(CC)cc(Cl)cc3S(=O)(=O)O)c2O)c(Cl)c1. The van der Waals surface area contributed by atoms with E-state index in [1.807, 2.05) is 6.92 Å². The molecular formula is C27H23Cl2N3O6S. The molecule has 0 saturated heterocycles. The molecule has 1 amide bonds. The quantitative estimate of drug-likeness (QED) is 0.142. The molecule has 0 aromatic heterocycles. The van der Waals surface area contributed by atoms with Crippen LogP contribution in [0.5, 0.6) is 11.5 Å². The second-order valence-corrected chi connectivity index (χ2v) is 10.5. The Bertz CT molecular complexity index is 1720. The summed E-state index contributed by atoms with van der Waals surface area (Å²) >= 11 is 12.3. The van der Waals surface area contributed by atoms with Gasteiger partial charge in [0.15, 0.2) is 5.75 Å². The lowest BCUT2D eigenvalue weighted by molar-refractivity contribution is 0.102. The Labute approximate surface area is 234 Å². The predicted molar refractivity (Wildman–Crippen MR) is 151 cm³/mol. The number of benzene rings is 4. The van der Waals surface area contributed by atoms with E-state index in [1.54, 1.807) is 49.4 Å². The summed E-state index contributed by atoms with van der Waals surface area (Å²) in [5, 5.41) is 23.4. The van der Waals surface area contributed by atoms with E-state index >= 15 is 0 Å². The van der Waals surface area contributed by atoms with Crippen LogP contribution in [0.4, 0.5) is 17.1 Å². The fourth-order valence-electron chi connectivity index (χ4n) is 3.94. The molecular weight excluding hydrogens is 565 g/mol. The van der Waals surface area contributed by atoms with Gasteiger partial charge in [-0.25, -0.2) is 0 Å². The van der Waals surface area contributed by atoms with Gasteiger partial charge in [-0.05, 0) is 54.6 Å². The van der Waals surface area contributed by atoms with Crippen molar-refractivity contribution < 1.29 is 27.6 Å². The van der Waals surface area contributed by atoms with E-state index in [1.165, 1.54) is 12.1 Å². The molecule has 4 rings (SSSR count). The van der Waals surface area contributed by atoms with Crippen molar-refractivity contribution in [2.24, 2.45) is 10.2 Å². The molecule has 0 saturated carbocycles. The van der Waals surface area contributed by atoms with Crippen LogP contribution in [0.3, 0.4) is 0 Å². The molecule has 9 nitrogen and oxygen atoms in total. The molecule has 12 heteroatoms. The number of ether oxygens (including phenoxy) is 1. The normalized spacial score (nSPS) is 11.7. The van der Waals surface area contributed by atoms with E-state index in [-0.39, 0.29) is 27.0 Å². The van der Waals surface area contributed by atoms with Crippen LogP contribution in [0, 0.1) is 0 Å². The number of amides is 1. The predicted octanol–water partition coefficient (Wildman–Crippen LogP) is 7.73. The number of phenols is 1. The molecule has 202 valence electrons. The van der Waals surface area contributed by atoms with E-state index in [9.17, 15) is 22.9 Å². The van der Waals surface area contributed by atoms with Crippen LogP contribution in [-0.4, -0.2) is 30.6 Å². The summed E-state index contributed by atoms with van der Waals surface area (Å²) in [6, 6.07) is 15.7. The van der Waals surface area contributed by atoms with E-state index in [2.05, 4.69) is 15.5 Å². The number of anilines is 1. The Balaban J connectivity index is 1.82. The van der Waals surface area contributed by atoms with Gasteiger partial charge in [-0.15, -0.1) is 10.2 Å². The molecule has 3 N–H and O–H groups in total. The number of phenolic OH excluding ortho intramolecular Hbond substituents is 1. The zero-order chi connectivity index (χ0) is 28.3. The van der Waals surface area contributed by atoms with Crippen molar-refractivity contribution >= 4 is 67.1 Å². The number of halogens is 2. The zero-order valence-electron chi connectivity index (χ0n) is 20.8. The van der Waals surface area contributed by atoms with Gasteiger partial charge in [0, 0.05) is 16.5 Å². The van der Waals surface area contributed by atoms with Crippen LogP contribution in [0.25, 0.3) is 10.8 Å². The van der Waals surface area contributed by atoms with Crippen LogP contribution < -0.4 is 10.1 Å². The Kier molecular flexibility index (Phi) is 8.41. The highest BCUT2D eigenvalue weighted by Gasteiger charge is 2.22. The standard InChI is InChI=1S/C27H23Cl2N3O6S/c1-3-15-11-17(28)13-23(39(35,36)37)24(15)31-32-25-19-8-6-5-7-16(19)12-20(26(25)33)27(34)30-22-10-9-18(38-4-2)14-21(22)29/h5-14,33H,3-4H2,1-2H3,(H,30,34)(H,35,36,37). The molecule has 4 aromatic rings. The summed E-state index contributed by atoms with van der Waals surface area (Å²) in [5.41, 5.74) is 0.377. The number of azo groups is 1. The number of hydrogen-bond acceptors (Lipinski definition) is 7. The van der Waals surface area contributed by atoms with Gasteiger partial charge in [-0.2, -0.15) is 8.42 Å². The molecule has 0 bridgehead atoms. The zero-order valence-corrected chi connectivity index (χ0v) is 23.1. The van der Waals surface area contributed by atoms with Crippen LogP contribution in [-0.2, 0) is 16.5 Å². The number of carbonyl (C=O) groups excluding carboxylic acids is 1. The average Bonchev–Trinajstić information content (AvgIpc) is 2.89. The summed E-state index contributed by atoms with van der Waals surface area (Å²) in [7, 11) is -4.70. The largest absolute Gasteiger partial charge is 0.505 e. The third kappa shape index (κ3) is 6.15. The molecule has 0 fully saturated rings. The smallest absolute Gasteiger partial charge is 0.296 e. The molecule has 39 heavy (non-hydrogen) atoms. The number of fused-ring (bicyclic) bond motifs is 1. The number of nitrogens with one attached hydrogen (secondary N) is 1. The summed E-state index contributed by atoms with van der Waals surface area (Å²) in [5.74, 6) is -0.618. The van der Waals surface area contributed by atoms with E-state index in [0.717, 1.165) is 6.07 Å². The van der Waals surface area contributed by atoms with Crippen molar-refractivity contribution in [1.29, 1.82) is 0 Å². The van der Waals surface area contributed by atoms with Gasteiger partial charge in [-0.1, -0.05) is 54.4 Å². The second kappa shape index (κ2) is 11.6. The second-order valence-electron chi connectivity index (χ2n) is 8.31. The summed E-state index contributed by atoms with van der Waals surface area (Å²) in [6.45, 7) is 4.04. The van der Waals surface area contributed by atoms with Crippen molar-refractivity contribution in [3.05, 3.63) is 81.8 Å². The van der Waals surface area contributed by atoms with Crippen molar-refractivity contribution in [2.45, 2.75) is 25.2 Å². The first-order valence-electron chi connectivity index (χ1n) is 11.7. The molecule has 4 aromatic carbocycles. The maximum atomic E-state index is 13.2. The van der Waals surface area contributed by atoms with Gasteiger partial charge in [-0.3, -0.25) is 9.35 Å². The summed E-state index contributed by atoms with van der Waals surface area (Å²) in [4.78, 5) is 12.7. The van der Waals surface area contributed by atoms with Gasteiger partial charge in [0.1, 0.15) is 22.0 Å². The molecule has 0 radical (unpaired) electrons. The van der Waals surface area contributed by atoms with E-state index in [0.29, 0.717) is 40.8 Å². The molecule has 0 unspecified atom stereocenters. The first kappa shape index (κ1) is 28.3. The van der Waals surface area contributed by atoms with Gasteiger partial charge in [0.2, 0.25) is 0 Å². The lowest BCUT2D eigenvalue weighted by atomic mass is 10.0. The van der Waals surface area contributed by atoms with Gasteiger partial charge in [0.25, 0.3) is 16.0 Å². The Morgan fingerprint density at radius 3 is 2.38 bits per heavy atom. The van der Waals surface area contributed by atoms with E-state index in [4.69, 9.17) is 27.9 Å². The van der Waals surface area contributed by atoms with Crippen LogP contribution in [0.2, 0.25) is 10.0 Å². The van der Waals surface area contributed by atoms with Crippen molar-refractivity contribution in [1.82, 2.24) is 0 Å². The van der Waals surface area contributed by atoms with Crippen molar-refractivity contribution in [3.63, 3.8) is 0 Å². The number of hydrogen-bond donors (Lipinski definition) is 3. The highest BCUT2D eigenvalue weighted by atomic mass is 35.5. The lowest BCUT2D eigenvalue weighted by Gasteiger charge is -2.13. The minimum absolute atomic E-state index is 0.0747. The third-order valence-corrected chi connectivity index (χ3v) is 7.16. The maximum Gasteiger partial charge on any atom is 0.296 e. The Morgan fingerprint density at radius 2 is 1.72 bits per heavy atom. The van der Waals surface area contributed by atoms with E-state index < -0.39 is 26.7 Å². The Morgan fingerprint density at radius 1 is 1.00 bits per heavy atom. The highest BCUT2D eigenvalue weighted by molar-refractivity contribution is 7.86. The molecule has 0 heterocycles. The highest BCUT2D eigenvalue weighted by Crippen LogP contribution is 2.41. The Hall–Kier alpha value is -3.70. The average molecular weight is 588 g/mol. The number of aryl methyl sites for hydroxylation is 1. The van der Waals surface area contributed by atoms with Gasteiger partial charge >= 0.3 is 0 Å².